The topological polar surface area (TPSA) is 18.5 Å². The van der Waals surface area contributed by atoms with Crippen molar-refractivity contribution in [2.45, 2.75) is 45.8 Å². The van der Waals surface area contributed by atoms with Crippen LogP contribution in [0.3, 0.4) is 0 Å². The molecule has 0 N–H and O–H groups in total. The van der Waals surface area contributed by atoms with E-state index in [-0.39, 0.29) is 5.79 Å². The van der Waals surface area contributed by atoms with E-state index in [1.165, 1.54) is 6.42 Å². The van der Waals surface area contributed by atoms with Crippen LogP contribution in [0, 0.1) is 11.3 Å². The highest BCUT2D eigenvalue weighted by Crippen LogP contribution is 2.48. The number of ether oxygens (including phenoxy) is 2. The molecule has 1 aliphatic carbocycles. The van der Waals surface area contributed by atoms with Crippen molar-refractivity contribution in [3.8, 4) is 0 Å². The lowest BCUT2D eigenvalue weighted by molar-refractivity contribution is -0.207. The summed E-state index contributed by atoms with van der Waals surface area (Å²) in [6.45, 7) is 8.55. The first-order valence-electron chi connectivity index (χ1n) is 5.32. The van der Waals surface area contributed by atoms with E-state index in [9.17, 15) is 0 Å². The summed E-state index contributed by atoms with van der Waals surface area (Å²) >= 11 is 0. The van der Waals surface area contributed by atoms with Gasteiger partial charge in [-0.25, -0.2) is 0 Å². The number of hydrogen-bond acceptors (Lipinski definition) is 2. The molecule has 0 radical (unpaired) electrons. The highest BCUT2D eigenvalue weighted by molar-refractivity contribution is 4.91. The van der Waals surface area contributed by atoms with Crippen molar-refractivity contribution in [2.75, 3.05) is 13.2 Å². The summed E-state index contributed by atoms with van der Waals surface area (Å²) in [5.74, 6) is 0.571. The van der Waals surface area contributed by atoms with Gasteiger partial charge >= 0.3 is 0 Å². The molecule has 0 aromatic carbocycles. The number of rotatable bonds is 0. The molecule has 0 amide bonds. The molecule has 2 rings (SSSR count). The van der Waals surface area contributed by atoms with Gasteiger partial charge in [0.25, 0.3) is 0 Å². The maximum atomic E-state index is 5.74. The van der Waals surface area contributed by atoms with Gasteiger partial charge in [-0.3, -0.25) is 0 Å². The van der Waals surface area contributed by atoms with Crippen LogP contribution >= 0.6 is 0 Å². The van der Waals surface area contributed by atoms with Gasteiger partial charge in [-0.2, -0.15) is 0 Å². The third kappa shape index (κ3) is 1.62. The highest BCUT2D eigenvalue weighted by Gasteiger charge is 2.47. The summed E-state index contributed by atoms with van der Waals surface area (Å²) in [4.78, 5) is 0. The van der Waals surface area contributed by atoms with Crippen molar-refractivity contribution >= 4 is 0 Å². The quantitative estimate of drug-likeness (QED) is 0.576. The van der Waals surface area contributed by atoms with Crippen LogP contribution in [0.4, 0.5) is 0 Å². The van der Waals surface area contributed by atoms with Crippen LogP contribution in [0.1, 0.15) is 40.0 Å². The highest BCUT2D eigenvalue weighted by atomic mass is 16.7. The minimum Gasteiger partial charge on any atom is -0.348 e. The SMILES string of the molecule is CC1CCC2(CC1(C)C)OCCO2. The van der Waals surface area contributed by atoms with Crippen LogP contribution in [0.2, 0.25) is 0 Å². The van der Waals surface area contributed by atoms with Crippen LogP contribution in [0.15, 0.2) is 0 Å². The van der Waals surface area contributed by atoms with Crippen molar-refractivity contribution < 1.29 is 9.47 Å². The van der Waals surface area contributed by atoms with Crippen molar-refractivity contribution in [1.29, 1.82) is 0 Å². The Morgan fingerprint density at radius 2 is 1.77 bits per heavy atom. The minimum absolute atomic E-state index is 0.212. The Morgan fingerprint density at radius 1 is 1.15 bits per heavy atom. The first-order chi connectivity index (χ1) is 6.04. The molecule has 0 aromatic heterocycles. The van der Waals surface area contributed by atoms with Gasteiger partial charge in [-0.1, -0.05) is 20.8 Å². The summed E-state index contributed by atoms with van der Waals surface area (Å²) in [7, 11) is 0. The van der Waals surface area contributed by atoms with E-state index in [0.717, 1.165) is 32.0 Å². The lowest BCUT2D eigenvalue weighted by atomic mass is 9.67. The smallest absolute Gasteiger partial charge is 0.169 e. The summed E-state index contributed by atoms with van der Waals surface area (Å²) in [6.07, 6.45) is 3.37. The molecule has 1 saturated heterocycles. The maximum Gasteiger partial charge on any atom is 0.169 e. The van der Waals surface area contributed by atoms with Gasteiger partial charge in [0.1, 0.15) is 0 Å². The molecule has 1 saturated carbocycles. The fourth-order valence-electron chi connectivity index (χ4n) is 2.53. The Bertz CT molecular complexity index is 192. The fraction of sp³-hybridized carbons (Fsp3) is 1.00. The Hall–Kier alpha value is -0.0800. The second kappa shape index (κ2) is 2.96. The van der Waals surface area contributed by atoms with Crippen LogP contribution < -0.4 is 0 Å². The summed E-state index contributed by atoms with van der Waals surface area (Å²) in [5, 5.41) is 0. The van der Waals surface area contributed by atoms with Gasteiger partial charge in [0.05, 0.1) is 13.2 Å². The molecule has 2 heteroatoms. The molecule has 76 valence electrons. The predicted molar refractivity (Wildman–Crippen MR) is 51.4 cm³/mol. The summed E-state index contributed by atoms with van der Waals surface area (Å²) < 4.78 is 11.5. The second-order valence-corrected chi connectivity index (χ2v) is 5.21. The molecule has 13 heavy (non-hydrogen) atoms. The molecule has 1 aliphatic heterocycles. The molecule has 1 heterocycles. The van der Waals surface area contributed by atoms with Crippen LogP contribution in [-0.4, -0.2) is 19.0 Å². The van der Waals surface area contributed by atoms with Gasteiger partial charge in [0, 0.05) is 12.8 Å². The summed E-state index contributed by atoms with van der Waals surface area (Å²) in [5.41, 5.74) is 0.364. The van der Waals surface area contributed by atoms with E-state index in [4.69, 9.17) is 9.47 Å². The van der Waals surface area contributed by atoms with E-state index in [0.29, 0.717) is 5.41 Å². The second-order valence-electron chi connectivity index (χ2n) is 5.21. The van der Waals surface area contributed by atoms with Crippen molar-refractivity contribution in [3.05, 3.63) is 0 Å². The van der Waals surface area contributed by atoms with Gasteiger partial charge in [0.15, 0.2) is 5.79 Å². The average Bonchev–Trinajstić information content (AvgIpc) is 2.46. The molecular weight excluding hydrogens is 164 g/mol. The molecule has 1 atom stereocenters. The molecular formula is C11H20O2. The molecule has 2 fully saturated rings. The summed E-state index contributed by atoms with van der Waals surface area (Å²) in [6, 6.07) is 0. The third-order valence-corrected chi connectivity index (χ3v) is 3.83. The minimum atomic E-state index is -0.212. The van der Waals surface area contributed by atoms with Crippen LogP contribution in [0.5, 0.6) is 0 Å². The number of hydrogen-bond donors (Lipinski definition) is 0. The normalized spacial score (nSPS) is 36.7. The van der Waals surface area contributed by atoms with Crippen molar-refractivity contribution in [3.63, 3.8) is 0 Å². The average molecular weight is 184 g/mol. The monoisotopic (exact) mass is 184 g/mol. The van der Waals surface area contributed by atoms with Gasteiger partial charge in [-0.15, -0.1) is 0 Å². The zero-order valence-electron chi connectivity index (χ0n) is 8.93. The van der Waals surface area contributed by atoms with Crippen LogP contribution in [0.25, 0.3) is 0 Å². The Labute approximate surface area is 80.6 Å². The first kappa shape index (κ1) is 9.47. The zero-order chi connectivity index (χ0) is 9.53. The Balaban J connectivity index is 2.10. The fourth-order valence-corrected chi connectivity index (χ4v) is 2.53. The molecule has 1 unspecified atom stereocenters. The van der Waals surface area contributed by atoms with Gasteiger partial charge in [-0.05, 0) is 17.8 Å². The maximum absolute atomic E-state index is 5.74. The molecule has 2 aliphatic rings. The van der Waals surface area contributed by atoms with E-state index in [1.807, 2.05) is 0 Å². The van der Waals surface area contributed by atoms with Crippen LogP contribution in [-0.2, 0) is 9.47 Å². The molecule has 0 aromatic rings. The van der Waals surface area contributed by atoms with Crippen molar-refractivity contribution in [2.24, 2.45) is 11.3 Å². The van der Waals surface area contributed by atoms with Gasteiger partial charge in [0.2, 0.25) is 0 Å². The first-order valence-corrected chi connectivity index (χ1v) is 5.32. The predicted octanol–water partition coefficient (Wildman–Crippen LogP) is 2.58. The molecule has 0 bridgehead atoms. The lowest BCUT2D eigenvalue weighted by Crippen LogP contribution is -2.43. The lowest BCUT2D eigenvalue weighted by Gasteiger charge is -2.45. The van der Waals surface area contributed by atoms with Gasteiger partial charge < -0.3 is 9.47 Å². The molecule has 1 spiro atoms. The Morgan fingerprint density at radius 3 is 2.31 bits per heavy atom. The van der Waals surface area contributed by atoms with E-state index in [2.05, 4.69) is 20.8 Å². The van der Waals surface area contributed by atoms with E-state index < -0.39 is 0 Å². The standard InChI is InChI=1S/C11H20O2/c1-9-4-5-11(8-10(9,2)3)12-6-7-13-11/h9H,4-8H2,1-3H3. The Kier molecular flexibility index (Phi) is 2.16. The third-order valence-electron chi connectivity index (χ3n) is 3.83. The molecule has 2 nitrogen and oxygen atoms in total. The van der Waals surface area contributed by atoms with Crippen molar-refractivity contribution in [1.82, 2.24) is 0 Å². The van der Waals surface area contributed by atoms with E-state index in [1.54, 1.807) is 0 Å². The zero-order valence-corrected chi connectivity index (χ0v) is 8.93. The largest absolute Gasteiger partial charge is 0.348 e. The van der Waals surface area contributed by atoms with E-state index >= 15 is 0 Å².